The maximum atomic E-state index is 6.20. The quantitative estimate of drug-likeness (QED) is 0.742. The van der Waals surface area contributed by atoms with Crippen LogP contribution in [-0.4, -0.2) is 12.1 Å². The summed E-state index contributed by atoms with van der Waals surface area (Å²) >= 11 is 6.20. The molecule has 3 heteroatoms. The highest BCUT2D eigenvalue weighted by atomic mass is 35.5. The van der Waals surface area contributed by atoms with Gasteiger partial charge in [0.25, 0.3) is 0 Å². The largest absolute Gasteiger partial charge is 0.489 e. The fourth-order valence-corrected chi connectivity index (χ4v) is 2.03. The van der Waals surface area contributed by atoms with Gasteiger partial charge in [0.15, 0.2) is 0 Å². The molecule has 0 spiro atoms. The molecule has 0 aliphatic heterocycles. The van der Waals surface area contributed by atoms with E-state index >= 15 is 0 Å². The molecule has 0 heterocycles. The molecule has 0 bridgehead atoms. The van der Waals surface area contributed by atoms with Crippen LogP contribution in [-0.2, 0) is 0 Å². The standard InChI is InChI=1S/C15H24ClNO/c1-5-6-7-12(4)17-13-8-9-15(14(16)10-13)18-11(2)3/h8-12,17H,5-7H2,1-4H3. The number of ether oxygens (including phenoxy) is 1. The summed E-state index contributed by atoms with van der Waals surface area (Å²) in [5, 5.41) is 4.12. The van der Waals surface area contributed by atoms with Crippen LogP contribution in [0.4, 0.5) is 5.69 Å². The number of nitrogens with one attached hydrogen (secondary N) is 1. The average molecular weight is 270 g/mol. The first-order chi connectivity index (χ1) is 8.52. The maximum Gasteiger partial charge on any atom is 0.138 e. The highest BCUT2D eigenvalue weighted by Gasteiger charge is 2.07. The first kappa shape index (κ1) is 15.2. The average Bonchev–Trinajstić information content (AvgIpc) is 2.29. The highest BCUT2D eigenvalue weighted by molar-refractivity contribution is 6.32. The summed E-state index contributed by atoms with van der Waals surface area (Å²) in [5.74, 6) is 0.749. The molecule has 0 aliphatic rings. The Hall–Kier alpha value is -0.890. The van der Waals surface area contributed by atoms with Crippen LogP contribution in [0.25, 0.3) is 0 Å². The van der Waals surface area contributed by atoms with E-state index < -0.39 is 0 Å². The molecule has 0 aliphatic carbocycles. The first-order valence-corrected chi connectivity index (χ1v) is 7.13. The predicted octanol–water partition coefficient (Wildman–Crippen LogP) is 5.12. The lowest BCUT2D eigenvalue weighted by molar-refractivity contribution is 0.242. The number of benzene rings is 1. The number of unbranched alkanes of at least 4 members (excludes halogenated alkanes) is 1. The molecule has 2 nitrogen and oxygen atoms in total. The predicted molar refractivity (Wildman–Crippen MR) is 79.8 cm³/mol. The molecule has 0 saturated heterocycles. The summed E-state index contributed by atoms with van der Waals surface area (Å²) in [5.41, 5.74) is 1.06. The third kappa shape index (κ3) is 5.18. The molecule has 1 rings (SSSR count). The van der Waals surface area contributed by atoms with Gasteiger partial charge in [-0.05, 0) is 45.4 Å². The van der Waals surface area contributed by atoms with Crippen LogP contribution in [0.15, 0.2) is 18.2 Å². The highest BCUT2D eigenvalue weighted by Crippen LogP contribution is 2.28. The summed E-state index contributed by atoms with van der Waals surface area (Å²) in [6.45, 7) is 8.40. The van der Waals surface area contributed by atoms with E-state index in [9.17, 15) is 0 Å². The number of rotatable bonds is 7. The Morgan fingerprint density at radius 1 is 1.28 bits per heavy atom. The zero-order valence-corrected chi connectivity index (χ0v) is 12.6. The molecule has 1 N–H and O–H groups in total. The van der Waals surface area contributed by atoms with Gasteiger partial charge in [0, 0.05) is 11.7 Å². The Bertz CT molecular complexity index is 366. The molecule has 1 unspecified atom stereocenters. The first-order valence-electron chi connectivity index (χ1n) is 6.75. The van der Waals surface area contributed by atoms with Crippen molar-refractivity contribution >= 4 is 17.3 Å². The molecule has 0 amide bonds. The van der Waals surface area contributed by atoms with Crippen molar-refractivity contribution in [1.82, 2.24) is 0 Å². The SMILES string of the molecule is CCCCC(C)Nc1ccc(OC(C)C)c(Cl)c1. The molecule has 1 atom stereocenters. The summed E-state index contributed by atoms with van der Waals surface area (Å²) in [6, 6.07) is 6.35. The van der Waals surface area contributed by atoms with E-state index in [1.165, 1.54) is 19.3 Å². The summed E-state index contributed by atoms with van der Waals surface area (Å²) in [6.07, 6.45) is 3.80. The number of hydrogen-bond donors (Lipinski definition) is 1. The van der Waals surface area contributed by atoms with E-state index in [2.05, 4.69) is 19.2 Å². The van der Waals surface area contributed by atoms with Gasteiger partial charge in [-0.2, -0.15) is 0 Å². The maximum absolute atomic E-state index is 6.20. The second-order valence-electron chi connectivity index (χ2n) is 5.00. The lowest BCUT2D eigenvalue weighted by Crippen LogP contribution is -2.14. The molecule has 1 aromatic rings. The second kappa shape index (κ2) is 7.52. The Morgan fingerprint density at radius 2 is 2.00 bits per heavy atom. The van der Waals surface area contributed by atoms with Crippen molar-refractivity contribution in [2.24, 2.45) is 0 Å². The van der Waals surface area contributed by atoms with Gasteiger partial charge in [-0.1, -0.05) is 31.4 Å². The third-order valence-electron chi connectivity index (χ3n) is 2.70. The van der Waals surface area contributed by atoms with Gasteiger partial charge in [-0.15, -0.1) is 0 Å². The van der Waals surface area contributed by atoms with Gasteiger partial charge in [0.2, 0.25) is 0 Å². The molecule has 0 fully saturated rings. The molecule has 102 valence electrons. The second-order valence-corrected chi connectivity index (χ2v) is 5.41. The normalized spacial score (nSPS) is 12.6. The smallest absolute Gasteiger partial charge is 0.138 e. The monoisotopic (exact) mass is 269 g/mol. The molecular formula is C15H24ClNO. The molecule has 0 aromatic heterocycles. The molecule has 1 aromatic carbocycles. The van der Waals surface area contributed by atoms with Crippen LogP contribution in [0.2, 0.25) is 5.02 Å². The lowest BCUT2D eigenvalue weighted by Gasteiger charge is -2.17. The molecule has 0 saturated carbocycles. The van der Waals surface area contributed by atoms with Crippen LogP contribution in [0.3, 0.4) is 0 Å². The van der Waals surface area contributed by atoms with E-state index in [4.69, 9.17) is 16.3 Å². The van der Waals surface area contributed by atoms with Crippen molar-refractivity contribution in [3.8, 4) is 5.75 Å². The fourth-order valence-electron chi connectivity index (χ4n) is 1.81. The number of hydrogen-bond acceptors (Lipinski definition) is 2. The van der Waals surface area contributed by atoms with Crippen molar-refractivity contribution in [3.05, 3.63) is 23.2 Å². The van der Waals surface area contributed by atoms with Crippen LogP contribution in [0.5, 0.6) is 5.75 Å². The van der Waals surface area contributed by atoms with E-state index in [1.54, 1.807) is 0 Å². The Morgan fingerprint density at radius 3 is 2.56 bits per heavy atom. The minimum Gasteiger partial charge on any atom is -0.489 e. The van der Waals surface area contributed by atoms with Crippen molar-refractivity contribution in [2.75, 3.05) is 5.32 Å². The van der Waals surface area contributed by atoms with Crippen LogP contribution >= 0.6 is 11.6 Å². The topological polar surface area (TPSA) is 21.3 Å². The van der Waals surface area contributed by atoms with Crippen molar-refractivity contribution in [3.63, 3.8) is 0 Å². The van der Waals surface area contributed by atoms with E-state index in [0.717, 1.165) is 11.4 Å². The van der Waals surface area contributed by atoms with Gasteiger partial charge in [-0.25, -0.2) is 0 Å². The number of anilines is 1. The molecule has 0 radical (unpaired) electrons. The van der Waals surface area contributed by atoms with E-state index in [0.29, 0.717) is 11.1 Å². The molecule has 18 heavy (non-hydrogen) atoms. The van der Waals surface area contributed by atoms with Crippen molar-refractivity contribution in [2.45, 2.75) is 59.1 Å². The zero-order valence-electron chi connectivity index (χ0n) is 11.8. The third-order valence-corrected chi connectivity index (χ3v) is 2.99. The summed E-state index contributed by atoms with van der Waals surface area (Å²) < 4.78 is 5.61. The van der Waals surface area contributed by atoms with Crippen LogP contribution in [0, 0.1) is 0 Å². The number of halogens is 1. The summed E-state index contributed by atoms with van der Waals surface area (Å²) in [7, 11) is 0. The Balaban J connectivity index is 2.60. The van der Waals surface area contributed by atoms with Crippen LogP contribution < -0.4 is 10.1 Å². The van der Waals surface area contributed by atoms with Crippen LogP contribution in [0.1, 0.15) is 47.0 Å². The molecular weight excluding hydrogens is 246 g/mol. The minimum absolute atomic E-state index is 0.143. The van der Waals surface area contributed by atoms with E-state index in [-0.39, 0.29) is 6.10 Å². The lowest BCUT2D eigenvalue weighted by atomic mass is 10.1. The van der Waals surface area contributed by atoms with Gasteiger partial charge in [-0.3, -0.25) is 0 Å². The fraction of sp³-hybridized carbons (Fsp3) is 0.600. The van der Waals surface area contributed by atoms with Crippen molar-refractivity contribution in [1.29, 1.82) is 0 Å². The van der Waals surface area contributed by atoms with E-state index in [1.807, 2.05) is 32.0 Å². The van der Waals surface area contributed by atoms with Gasteiger partial charge in [0.1, 0.15) is 5.75 Å². The Kier molecular flexibility index (Phi) is 6.34. The summed E-state index contributed by atoms with van der Waals surface area (Å²) in [4.78, 5) is 0. The van der Waals surface area contributed by atoms with Gasteiger partial charge in [0.05, 0.1) is 11.1 Å². The van der Waals surface area contributed by atoms with Gasteiger partial charge < -0.3 is 10.1 Å². The zero-order chi connectivity index (χ0) is 13.5. The van der Waals surface area contributed by atoms with Crippen molar-refractivity contribution < 1.29 is 4.74 Å². The Labute approximate surface area is 116 Å². The minimum atomic E-state index is 0.143. The van der Waals surface area contributed by atoms with Gasteiger partial charge >= 0.3 is 0 Å².